The molecule has 5 heteroatoms. The van der Waals surface area contributed by atoms with Crippen LogP contribution in [0.2, 0.25) is 0 Å². The second-order valence-corrected chi connectivity index (χ2v) is 7.07. The second-order valence-electron chi connectivity index (χ2n) is 7.07. The molecule has 1 aliphatic heterocycles. The normalized spacial score (nSPS) is 17.2. The van der Waals surface area contributed by atoms with E-state index in [1.54, 1.807) is 7.11 Å². The summed E-state index contributed by atoms with van der Waals surface area (Å²) in [6.07, 6.45) is 2.66. The number of aromatic amines is 1. The Kier molecular flexibility index (Phi) is 5.44. The zero-order valence-corrected chi connectivity index (χ0v) is 16.0. The molecular formula is C23H25N3O2. The number of nitrogens with zero attached hydrogens (tertiary/aromatic N) is 2. The van der Waals surface area contributed by atoms with Gasteiger partial charge in [-0.2, -0.15) is 0 Å². The Morgan fingerprint density at radius 3 is 2.46 bits per heavy atom. The third-order valence-electron chi connectivity index (χ3n) is 5.23. The molecule has 1 N–H and O–H groups in total. The summed E-state index contributed by atoms with van der Waals surface area (Å²) in [4.78, 5) is 20.4. The van der Waals surface area contributed by atoms with Crippen molar-refractivity contribution in [2.45, 2.75) is 19.1 Å². The van der Waals surface area contributed by atoms with E-state index in [9.17, 15) is 4.79 Å². The van der Waals surface area contributed by atoms with E-state index in [4.69, 9.17) is 4.74 Å². The number of hydrogen-bond donors (Lipinski definition) is 1. The first kappa shape index (κ1) is 18.3. The van der Waals surface area contributed by atoms with E-state index in [1.165, 1.54) is 11.1 Å². The maximum absolute atomic E-state index is 12.9. The van der Waals surface area contributed by atoms with Crippen LogP contribution in [0, 0.1) is 0 Å². The predicted molar refractivity (Wildman–Crippen MR) is 109 cm³/mol. The van der Waals surface area contributed by atoms with Gasteiger partial charge in [-0.25, -0.2) is 0 Å². The molecule has 144 valence electrons. The summed E-state index contributed by atoms with van der Waals surface area (Å²) in [5.41, 5.74) is 3.46. The molecule has 5 nitrogen and oxygen atoms in total. The Labute approximate surface area is 165 Å². The van der Waals surface area contributed by atoms with Crippen molar-refractivity contribution in [1.29, 1.82) is 0 Å². The number of carbonyl (C=O) groups is 1. The number of ether oxygens (including phenoxy) is 1. The standard InChI is InChI=1S/C23H25N3O2/c1-28-20-11-9-18(10-12-20)13-15-26-22(27)17-25(16-19-6-3-2-4-7-19)23(26)21-8-5-14-24-21/h2-12,14,23-24H,13,15-17H2,1H3. The number of hydrogen-bond acceptors (Lipinski definition) is 3. The molecule has 0 bridgehead atoms. The van der Waals surface area contributed by atoms with Crippen LogP contribution in [-0.2, 0) is 17.8 Å². The summed E-state index contributed by atoms with van der Waals surface area (Å²) in [5.74, 6) is 1.02. The first-order valence-corrected chi connectivity index (χ1v) is 9.58. The van der Waals surface area contributed by atoms with E-state index in [-0.39, 0.29) is 12.1 Å². The average molecular weight is 375 g/mol. The minimum absolute atomic E-state index is 0.0686. The molecule has 0 spiro atoms. The van der Waals surface area contributed by atoms with Gasteiger partial charge in [0.2, 0.25) is 5.91 Å². The van der Waals surface area contributed by atoms with E-state index in [0.717, 1.165) is 24.4 Å². The van der Waals surface area contributed by atoms with Crippen molar-refractivity contribution in [3.63, 3.8) is 0 Å². The Bertz CT molecular complexity index is 891. The van der Waals surface area contributed by atoms with Gasteiger partial charge in [0.1, 0.15) is 11.9 Å². The minimum Gasteiger partial charge on any atom is -0.497 e. The number of nitrogens with one attached hydrogen (secondary N) is 1. The van der Waals surface area contributed by atoms with E-state index < -0.39 is 0 Å². The number of methoxy groups -OCH3 is 1. The van der Waals surface area contributed by atoms with Crippen molar-refractivity contribution < 1.29 is 9.53 Å². The third-order valence-corrected chi connectivity index (χ3v) is 5.23. The monoisotopic (exact) mass is 375 g/mol. The summed E-state index contributed by atoms with van der Waals surface area (Å²) in [6, 6.07) is 22.4. The largest absolute Gasteiger partial charge is 0.497 e. The molecule has 4 rings (SSSR count). The number of carbonyl (C=O) groups excluding carboxylic acids is 1. The number of amides is 1. The van der Waals surface area contributed by atoms with Gasteiger partial charge in [0.15, 0.2) is 0 Å². The van der Waals surface area contributed by atoms with Gasteiger partial charge >= 0.3 is 0 Å². The summed E-state index contributed by atoms with van der Waals surface area (Å²) < 4.78 is 5.23. The van der Waals surface area contributed by atoms with Crippen LogP contribution in [0.25, 0.3) is 0 Å². The lowest BCUT2D eigenvalue weighted by molar-refractivity contribution is -0.128. The van der Waals surface area contributed by atoms with Crippen molar-refractivity contribution in [2.75, 3.05) is 20.2 Å². The molecular weight excluding hydrogens is 350 g/mol. The molecule has 2 aromatic carbocycles. The molecule has 1 aromatic heterocycles. The summed E-state index contributed by atoms with van der Waals surface area (Å²) >= 11 is 0. The first-order valence-electron chi connectivity index (χ1n) is 9.58. The molecule has 1 aliphatic rings. The number of rotatable bonds is 7. The topological polar surface area (TPSA) is 48.6 Å². The Morgan fingerprint density at radius 1 is 1.00 bits per heavy atom. The SMILES string of the molecule is COc1ccc(CCN2C(=O)CN(Cc3ccccc3)C2c2ccc[nH]2)cc1. The predicted octanol–water partition coefficient (Wildman–Crippen LogP) is 3.61. The number of H-pyrrole nitrogens is 1. The van der Waals surface area contributed by atoms with Crippen molar-refractivity contribution in [3.8, 4) is 5.75 Å². The summed E-state index contributed by atoms with van der Waals surface area (Å²) in [5, 5.41) is 0. The van der Waals surface area contributed by atoms with Gasteiger partial charge in [0, 0.05) is 19.3 Å². The fourth-order valence-electron chi connectivity index (χ4n) is 3.80. The van der Waals surface area contributed by atoms with Crippen LogP contribution in [0.3, 0.4) is 0 Å². The molecule has 1 saturated heterocycles. The molecule has 28 heavy (non-hydrogen) atoms. The van der Waals surface area contributed by atoms with Crippen LogP contribution < -0.4 is 4.74 Å². The van der Waals surface area contributed by atoms with Crippen LogP contribution in [-0.4, -0.2) is 40.9 Å². The number of benzene rings is 2. The Morgan fingerprint density at radius 2 is 1.79 bits per heavy atom. The molecule has 1 unspecified atom stereocenters. The quantitative estimate of drug-likeness (QED) is 0.686. The van der Waals surface area contributed by atoms with Crippen molar-refractivity contribution in [1.82, 2.24) is 14.8 Å². The maximum atomic E-state index is 12.9. The lowest BCUT2D eigenvalue weighted by Crippen LogP contribution is -2.33. The number of aromatic nitrogens is 1. The van der Waals surface area contributed by atoms with E-state index in [1.807, 2.05) is 47.5 Å². The molecule has 2 heterocycles. The van der Waals surface area contributed by atoms with Gasteiger partial charge < -0.3 is 14.6 Å². The van der Waals surface area contributed by atoms with Crippen LogP contribution in [0.5, 0.6) is 5.75 Å². The lowest BCUT2D eigenvalue weighted by Gasteiger charge is -2.29. The zero-order chi connectivity index (χ0) is 19.3. The average Bonchev–Trinajstić information content (AvgIpc) is 3.35. The molecule has 0 aliphatic carbocycles. The fourth-order valence-corrected chi connectivity index (χ4v) is 3.80. The molecule has 1 fully saturated rings. The van der Waals surface area contributed by atoms with Crippen LogP contribution in [0.15, 0.2) is 72.9 Å². The Balaban J connectivity index is 1.51. The van der Waals surface area contributed by atoms with Gasteiger partial charge in [-0.05, 0) is 41.8 Å². The second kappa shape index (κ2) is 8.31. The zero-order valence-electron chi connectivity index (χ0n) is 16.0. The summed E-state index contributed by atoms with van der Waals surface area (Å²) in [7, 11) is 1.67. The molecule has 1 atom stereocenters. The van der Waals surface area contributed by atoms with Crippen molar-refractivity contribution in [3.05, 3.63) is 89.7 Å². The lowest BCUT2D eigenvalue weighted by atomic mass is 10.1. The highest BCUT2D eigenvalue weighted by molar-refractivity contribution is 5.81. The maximum Gasteiger partial charge on any atom is 0.238 e. The molecule has 0 radical (unpaired) electrons. The van der Waals surface area contributed by atoms with Gasteiger partial charge in [-0.15, -0.1) is 0 Å². The van der Waals surface area contributed by atoms with Crippen LogP contribution in [0.4, 0.5) is 0 Å². The highest BCUT2D eigenvalue weighted by Gasteiger charge is 2.38. The molecule has 1 amide bonds. The van der Waals surface area contributed by atoms with E-state index >= 15 is 0 Å². The van der Waals surface area contributed by atoms with Crippen LogP contribution >= 0.6 is 0 Å². The highest BCUT2D eigenvalue weighted by atomic mass is 16.5. The van der Waals surface area contributed by atoms with E-state index in [2.05, 4.69) is 40.2 Å². The van der Waals surface area contributed by atoms with Crippen LogP contribution in [0.1, 0.15) is 23.0 Å². The van der Waals surface area contributed by atoms with E-state index in [0.29, 0.717) is 13.1 Å². The van der Waals surface area contributed by atoms with Gasteiger partial charge in [-0.1, -0.05) is 42.5 Å². The van der Waals surface area contributed by atoms with Gasteiger partial charge in [0.05, 0.1) is 19.3 Å². The fraction of sp³-hybridized carbons (Fsp3) is 0.261. The Hall–Kier alpha value is -3.05. The highest BCUT2D eigenvalue weighted by Crippen LogP contribution is 2.31. The smallest absolute Gasteiger partial charge is 0.238 e. The molecule has 3 aromatic rings. The third kappa shape index (κ3) is 3.94. The minimum atomic E-state index is -0.0686. The molecule has 0 saturated carbocycles. The van der Waals surface area contributed by atoms with Crippen molar-refractivity contribution >= 4 is 5.91 Å². The van der Waals surface area contributed by atoms with Gasteiger partial charge in [0.25, 0.3) is 0 Å². The van der Waals surface area contributed by atoms with Crippen molar-refractivity contribution in [2.24, 2.45) is 0 Å². The first-order chi connectivity index (χ1) is 13.7. The van der Waals surface area contributed by atoms with Gasteiger partial charge in [-0.3, -0.25) is 9.69 Å². The summed E-state index contributed by atoms with van der Waals surface area (Å²) in [6.45, 7) is 1.86.